The second-order valence-corrected chi connectivity index (χ2v) is 4.75. The van der Waals surface area contributed by atoms with Crippen LogP contribution >= 0.6 is 22.6 Å². The van der Waals surface area contributed by atoms with Gasteiger partial charge in [0, 0.05) is 3.57 Å². The number of aromatic nitrogens is 2. The maximum absolute atomic E-state index is 11.5. The van der Waals surface area contributed by atoms with Gasteiger partial charge >= 0.3 is 5.97 Å². The number of rotatable bonds is 3. The van der Waals surface area contributed by atoms with Gasteiger partial charge < -0.3 is 9.84 Å². The zero-order valence-corrected chi connectivity index (χ0v) is 11.8. The number of aromatic hydroxyl groups is 1. The van der Waals surface area contributed by atoms with Crippen LogP contribution in [0, 0.1) is 3.57 Å². The summed E-state index contributed by atoms with van der Waals surface area (Å²) in [6.07, 6.45) is 1.38. The van der Waals surface area contributed by atoms with E-state index >= 15 is 0 Å². The molecular formula is C12H11IN2O3. The van der Waals surface area contributed by atoms with E-state index in [1.165, 1.54) is 10.9 Å². The molecule has 0 radical (unpaired) electrons. The predicted octanol–water partition coefficient (Wildman–Crippen LogP) is 2.36. The van der Waals surface area contributed by atoms with E-state index in [4.69, 9.17) is 4.74 Å². The summed E-state index contributed by atoms with van der Waals surface area (Å²) >= 11 is 2.20. The number of carbonyl (C=O) groups excluding carboxylic acids is 1. The Bertz CT molecular complexity index is 563. The molecule has 1 N–H and O–H groups in total. The fraction of sp³-hybridized carbons (Fsp3) is 0.167. The third kappa shape index (κ3) is 2.63. The summed E-state index contributed by atoms with van der Waals surface area (Å²) in [6, 6.07) is 7.53. The second kappa shape index (κ2) is 5.38. The zero-order chi connectivity index (χ0) is 13.1. The van der Waals surface area contributed by atoms with E-state index in [-0.39, 0.29) is 18.1 Å². The van der Waals surface area contributed by atoms with Gasteiger partial charge in [0.15, 0.2) is 5.75 Å². The minimum Gasteiger partial charge on any atom is -0.504 e. The lowest BCUT2D eigenvalue weighted by molar-refractivity contribution is 0.0515. The lowest BCUT2D eigenvalue weighted by Crippen LogP contribution is -2.06. The first-order valence-corrected chi connectivity index (χ1v) is 6.41. The fourth-order valence-corrected chi connectivity index (χ4v) is 1.80. The van der Waals surface area contributed by atoms with Gasteiger partial charge in [0.25, 0.3) is 0 Å². The predicted molar refractivity (Wildman–Crippen MR) is 73.9 cm³/mol. The van der Waals surface area contributed by atoms with E-state index in [2.05, 4.69) is 27.7 Å². The van der Waals surface area contributed by atoms with Gasteiger partial charge in [-0.3, -0.25) is 0 Å². The van der Waals surface area contributed by atoms with Crippen LogP contribution in [0.15, 0.2) is 30.5 Å². The molecular weight excluding hydrogens is 347 g/mol. The Morgan fingerprint density at radius 3 is 2.72 bits per heavy atom. The monoisotopic (exact) mass is 358 g/mol. The Labute approximate surface area is 118 Å². The first-order valence-electron chi connectivity index (χ1n) is 5.33. The van der Waals surface area contributed by atoms with E-state index in [9.17, 15) is 9.90 Å². The Kier molecular flexibility index (Phi) is 3.85. The van der Waals surface area contributed by atoms with Crippen molar-refractivity contribution in [2.75, 3.05) is 6.61 Å². The largest absolute Gasteiger partial charge is 0.504 e. The summed E-state index contributed by atoms with van der Waals surface area (Å²) in [6.45, 7) is 1.94. The number of carbonyl (C=O) groups is 1. The zero-order valence-electron chi connectivity index (χ0n) is 9.63. The van der Waals surface area contributed by atoms with Crippen molar-refractivity contribution in [3.8, 4) is 11.4 Å². The molecule has 5 nitrogen and oxygen atoms in total. The topological polar surface area (TPSA) is 64.3 Å². The summed E-state index contributed by atoms with van der Waals surface area (Å²) in [5, 5.41) is 13.7. The van der Waals surface area contributed by atoms with Gasteiger partial charge in [0.05, 0.1) is 18.5 Å². The number of hydrogen-bond acceptors (Lipinski definition) is 4. The number of halogens is 1. The van der Waals surface area contributed by atoms with E-state index in [0.29, 0.717) is 0 Å². The highest BCUT2D eigenvalue weighted by atomic mass is 127. The van der Waals surface area contributed by atoms with E-state index in [1.54, 1.807) is 6.92 Å². The van der Waals surface area contributed by atoms with Crippen LogP contribution in [-0.4, -0.2) is 27.5 Å². The molecule has 2 rings (SSSR count). The van der Waals surface area contributed by atoms with Gasteiger partial charge in [-0.2, -0.15) is 5.10 Å². The first kappa shape index (κ1) is 12.9. The van der Waals surface area contributed by atoms with Crippen LogP contribution in [-0.2, 0) is 4.74 Å². The van der Waals surface area contributed by atoms with Crippen LogP contribution in [0.5, 0.6) is 5.75 Å². The molecule has 0 amide bonds. The van der Waals surface area contributed by atoms with Gasteiger partial charge in [-0.05, 0) is 53.8 Å². The number of ether oxygens (including phenoxy) is 1. The molecule has 2 aromatic rings. The average molecular weight is 358 g/mol. The fourth-order valence-electron chi connectivity index (χ4n) is 1.44. The minimum atomic E-state index is -0.626. The van der Waals surface area contributed by atoms with Gasteiger partial charge in [0.1, 0.15) is 0 Å². The number of benzene rings is 1. The van der Waals surface area contributed by atoms with Crippen LogP contribution in [0.2, 0.25) is 0 Å². The van der Waals surface area contributed by atoms with Crippen LogP contribution in [0.1, 0.15) is 17.4 Å². The summed E-state index contributed by atoms with van der Waals surface area (Å²) in [4.78, 5) is 11.5. The molecule has 1 aromatic carbocycles. The summed E-state index contributed by atoms with van der Waals surface area (Å²) in [5.74, 6) is -0.814. The number of esters is 1. The normalized spacial score (nSPS) is 10.3. The first-order chi connectivity index (χ1) is 8.61. The Hall–Kier alpha value is -1.57. The van der Waals surface area contributed by atoms with E-state index < -0.39 is 5.97 Å². The Balaban J connectivity index is 2.34. The third-order valence-corrected chi connectivity index (χ3v) is 2.97. The molecule has 0 bridgehead atoms. The van der Waals surface area contributed by atoms with Crippen molar-refractivity contribution < 1.29 is 14.6 Å². The van der Waals surface area contributed by atoms with Crippen molar-refractivity contribution >= 4 is 28.6 Å². The molecule has 0 aliphatic carbocycles. The molecule has 0 aliphatic rings. The second-order valence-electron chi connectivity index (χ2n) is 3.50. The Morgan fingerprint density at radius 2 is 2.11 bits per heavy atom. The van der Waals surface area contributed by atoms with Crippen molar-refractivity contribution in [1.82, 2.24) is 9.78 Å². The highest BCUT2D eigenvalue weighted by Crippen LogP contribution is 2.19. The smallest absolute Gasteiger partial charge is 0.362 e. The van der Waals surface area contributed by atoms with Crippen molar-refractivity contribution in [2.24, 2.45) is 0 Å². The molecule has 0 saturated heterocycles. The standard InChI is InChI=1S/C12H11IN2O3/c1-2-18-12(17)11-10(16)7-15(14-11)9-5-3-8(13)4-6-9/h3-7,16H,2H2,1H3. The molecule has 0 unspecified atom stereocenters. The highest BCUT2D eigenvalue weighted by molar-refractivity contribution is 14.1. The van der Waals surface area contributed by atoms with Crippen molar-refractivity contribution in [3.63, 3.8) is 0 Å². The number of hydrogen-bond donors (Lipinski definition) is 1. The third-order valence-electron chi connectivity index (χ3n) is 2.25. The van der Waals surface area contributed by atoms with Crippen LogP contribution in [0.3, 0.4) is 0 Å². The summed E-state index contributed by atoms with van der Waals surface area (Å²) in [5.41, 5.74) is 0.691. The summed E-state index contributed by atoms with van der Waals surface area (Å²) in [7, 11) is 0. The number of nitrogens with zero attached hydrogens (tertiary/aromatic N) is 2. The minimum absolute atomic E-state index is 0.0737. The van der Waals surface area contributed by atoms with Crippen molar-refractivity contribution in [1.29, 1.82) is 0 Å². The van der Waals surface area contributed by atoms with Crippen molar-refractivity contribution in [3.05, 3.63) is 39.7 Å². The van der Waals surface area contributed by atoms with Crippen LogP contribution in [0.4, 0.5) is 0 Å². The van der Waals surface area contributed by atoms with Gasteiger partial charge in [-0.15, -0.1) is 0 Å². The molecule has 0 atom stereocenters. The van der Waals surface area contributed by atoms with Crippen LogP contribution < -0.4 is 0 Å². The molecule has 1 aromatic heterocycles. The molecule has 0 spiro atoms. The molecule has 18 heavy (non-hydrogen) atoms. The maximum atomic E-state index is 11.5. The van der Waals surface area contributed by atoms with Gasteiger partial charge in [-0.1, -0.05) is 0 Å². The molecule has 0 aliphatic heterocycles. The molecule has 94 valence electrons. The lowest BCUT2D eigenvalue weighted by atomic mass is 10.3. The molecule has 0 saturated carbocycles. The van der Waals surface area contributed by atoms with Gasteiger partial charge in [0.2, 0.25) is 5.69 Å². The average Bonchev–Trinajstić information content (AvgIpc) is 2.72. The quantitative estimate of drug-likeness (QED) is 0.676. The van der Waals surface area contributed by atoms with E-state index in [0.717, 1.165) is 9.26 Å². The molecule has 1 heterocycles. The van der Waals surface area contributed by atoms with Crippen molar-refractivity contribution in [2.45, 2.75) is 6.92 Å². The van der Waals surface area contributed by atoms with Crippen LogP contribution in [0.25, 0.3) is 5.69 Å². The molecule has 0 fully saturated rings. The Morgan fingerprint density at radius 1 is 1.44 bits per heavy atom. The molecule has 6 heteroatoms. The summed E-state index contributed by atoms with van der Waals surface area (Å²) < 4.78 is 7.34. The maximum Gasteiger partial charge on any atom is 0.362 e. The van der Waals surface area contributed by atoms with Gasteiger partial charge in [-0.25, -0.2) is 9.48 Å². The SMILES string of the molecule is CCOC(=O)c1nn(-c2ccc(I)cc2)cc1O. The lowest BCUT2D eigenvalue weighted by Gasteiger charge is -2.00. The highest BCUT2D eigenvalue weighted by Gasteiger charge is 2.17. The van der Waals surface area contributed by atoms with E-state index in [1.807, 2.05) is 24.3 Å².